The van der Waals surface area contributed by atoms with Crippen LogP contribution in [0.25, 0.3) is 10.4 Å². The standard InChI is InChI=1S/C30H32N4O4S/c1-19-26(39-18-32-19)21-10-8-20(9-11-21)15-31-27(36)25-14-23(35)17-33(25)29(38)30(12-4-5-13-30)34-16-22-6-2-3-7-24(22)28(34)37/h2-3,6-11,18,23,25,35H,4-5,12-17H2,1H3,(H,31,36)/t23-,25+/m1/s1. The monoisotopic (exact) mass is 544 g/mol. The molecule has 2 aromatic carbocycles. The molecule has 202 valence electrons. The highest BCUT2D eigenvalue weighted by Crippen LogP contribution is 2.42. The summed E-state index contributed by atoms with van der Waals surface area (Å²) in [6.07, 6.45) is 2.23. The molecule has 6 rings (SSSR count). The van der Waals surface area contributed by atoms with Crippen molar-refractivity contribution in [3.05, 3.63) is 76.4 Å². The summed E-state index contributed by atoms with van der Waals surface area (Å²) in [4.78, 5) is 49.6. The summed E-state index contributed by atoms with van der Waals surface area (Å²) >= 11 is 1.60. The maximum atomic E-state index is 14.2. The van der Waals surface area contributed by atoms with Crippen molar-refractivity contribution < 1.29 is 19.5 Å². The first-order valence-corrected chi connectivity index (χ1v) is 14.4. The number of likely N-dealkylation sites (tertiary alicyclic amines) is 1. The first kappa shape index (κ1) is 25.7. The number of rotatable bonds is 6. The van der Waals surface area contributed by atoms with Crippen LogP contribution in [0.3, 0.4) is 0 Å². The molecule has 0 unspecified atom stereocenters. The lowest BCUT2D eigenvalue weighted by Crippen LogP contribution is -2.60. The van der Waals surface area contributed by atoms with Crippen LogP contribution in [0.5, 0.6) is 0 Å². The Morgan fingerprint density at radius 2 is 1.87 bits per heavy atom. The van der Waals surface area contributed by atoms with Gasteiger partial charge in [-0.1, -0.05) is 55.3 Å². The van der Waals surface area contributed by atoms with E-state index in [9.17, 15) is 19.5 Å². The molecule has 3 amide bonds. The van der Waals surface area contributed by atoms with E-state index in [2.05, 4.69) is 10.3 Å². The fourth-order valence-corrected chi connectivity index (χ4v) is 7.18. The van der Waals surface area contributed by atoms with E-state index >= 15 is 0 Å². The van der Waals surface area contributed by atoms with Gasteiger partial charge in [0.1, 0.15) is 11.6 Å². The molecular weight excluding hydrogens is 512 g/mol. The van der Waals surface area contributed by atoms with Gasteiger partial charge in [-0.15, -0.1) is 11.3 Å². The Morgan fingerprint density at radius 3 is 2.56 bits per heavy atom. The number of fused-ring (bicyclic) bond motifs is 1. The highest BCUT2D eigenvalue weighted by molar-refractivity contribution is 7.13. The summed E-state index contributed by atoms with van der Waals surface area (Å²) in [5.41, 5.74) is 5.43. The van der Waals surface area contributed by atoms with Gasteiger partial charge in [0.15, 0.2) is 0 Å². The minimum Gasteiger partial charge on any atom is -0.391 e. The molecule has 0 spiro atoms. The van der Waals surface area contributed by atoms with Crippen LogP contribution in [0.4, 0.5) is 0 Å². The third-order valence-corrected chi connectivity index (χ3v) is 9.42. The molecule has 3 aliphatic rings. The Morgan fingerprint density at radius 1 is 1.13 bits per heavy atom. The highest BCUT2D eigenvalue weighted by atomic mass is 32.1. The molecule has 3 aromatic rings. The number of benzene rings is 2. The van der Waals surface area contributed by atoms with E-state index < -0.39 is 17.7 Å². The first-order valence-electron chi connectivity index (χ1n) is 13.5. The number of thiazole rings is 1. The van der Waals surface area contributed by atoms with Gasteiger partial charge in [-0.05, 0) is 42.5 Å². The lowest BCUT2D eigenvalue weighted by Gasteiger charge is -2.41. The van der Waals surface area contributed by atoms with Gasteiger partial charge in [0.25, 0.3) is 5.91 Å². The van der Waals surface area contributed by atoms with Gasteiger partial charge < -0.3 is 20.2 Å². The zero-order valence-electron chi connectivity index (χ0n) is 21.9. The predicted octanol–water partition coefficient (Wildman–Crippen LogP) is 3.67. The minimum absolute atomic E-state index is 0.0938. The Labute approximate surface area is 231 Å². The van der Waals surface area contributed by atoms with Crippen molar-refractivity contribution in [1.29, 1.82) is 0 Å². The average molecular weight is 545 g/mol. The van der Waals surface area contributed by atoms with Gasteiger partial charge >= 0.3 is 0 Å². The number of aryl methyl sites for hydroxylation is 1. The third-order valence-electron chi connectivity index (χ3n) is 8.44. The van der Waals surface area contributed by atoms with Crippen LogP contribution in [0.1, 0.15) is 59.3 Å². The predicted molar refractivity (Wildman–Crippen MR) is 148 cm³/mol. The van der Waals surface area contributed by atoms with Crippen molar-refractivity contribution in [3.63, 3.8) is 0 Å². The van der Waals surface area contributed by atoms with Gasteiger partial charge in [-0.2, -0.15) is 0 Å². The number of amides is 3. The average Bonchev–Trinajstić information content (AvgIpc) is 3.74. The molecule has 1 saturated carbocycles. The molecule has 39 heavy (non-hydrogen) atoms. The zero-order chi connectivity index (χ0) is 27.1. The quantitative estimate of drug-likeness (QED) is 0.493. The number of aliphatic hydroxyl groups is 1. The molecule has 2 atom stereocenters. The number of nitrogens with zero attached hydrogens (tertiary/aromatic N) is 3. The summed E-state index contributed by atoms with van der Waals surface area (Å²) in [5, 5.41) is 13.5. The van der Waals surface area contributed by atoms with Crippen LogP contribution in [0.15, 0.2) is 54.0 Å². The Kier molecular flexibility index (Phi) is 6.72. The van der Waals surface area contributed by atoms with Gasteiger partial charge in [0.05, 0.1) is 22.2 Å². The van der Waals surface area contributed by atoms with Crippen LogP contribution in [-0.2, 0) is 22.7 Å². The van der Waals surface area contributed by atoms with Crippen molar-refractivity contribution in [2.45, 2.75) is 69.8 Å². The van der Waals surface area contributed by atoms with Crippen molar-refractivity contribution in [2.24, 2.45) is 0 Å². The van der Waals surface area contributed by atoms with Crippen LogP contribution < -0.4 is 5.32 Å². The van der Waals surface area contributed by atoms with E-state index in [1.807, 2.05) is 61.0 Å². The number of carbonyl (C=O) groups is 3. The topological polar surface area (TPSA) is 103 Å². The normalized spacial score (nSPS) is 21.8. The van der Waals surface area contributed by atoms with E-state index in [1.54, 1.807) is 16.2 Å². The Bertz CT molecular complexity index is 1410. The van der Waals surface area contributed by atoms with E-state index in [0.29, 0.717) is 31.5 Å². The van der Waals surface area contributed by atoms with Gasteiger partial charge in [-0.25, -0.2) is 4.98 Å². The van der Waals surface area contributed by atoms with Crippen molar-refractivity contribution in [1.82, 2.24) is 20.1 Å². The van der Waals surface area contributed by atoms with Gasteiger partial charge in [-0.3, -0.25) is 14.4 Å². The second-order valence-electron chi connectivity index (χ2n) is 10.8. The van der Waals surface area contributed by atoms with E-state index in [-0.39, 0.29) is 30.7 Å². The second-order valence-corrected chi connectivity index (χ2v) is 11.7. The minimum atomic E-state index is -0.983. The number of β-amino-alcohol motifs (C(OH)–C–C–N with tert-alkyl or cyclic N) is 1. The van der Waals surface area contributed by atoms with E-state index in [0.717, 1.165) is 40.1 Å². The molecule has 2 fully saturated rings. The number of hydrogen-bond acceptors (Lipinski definition) is 6. The largest absolute Gasteiger partial charge is 0.391 e. The second kappa shape index (κ2) is 10.2. The summed E-state index contributed by atoms with van der Waals surface area (Å²) in [5.74, 6) is -0.632. The summed E-state index contributed by atoms with van der Waals surface area (Å²) in [6.45, 7) is 2.79. The molecule has 0 bridgehead atoms. The Hall–Kier alpha value is -3.56. The van der Waals surface area contributed by atoms with Gasteiger partial charge in [0.2, 0.25) is 11.8 Å². The number of carbonyl (C=O) groups excluding carboxylic acids is 3. The van der Waals surface area contributed by atoms with Crippen LogP contribution in [0, 0.1) is 6.92 Å². The zero-order valence-corrected chi connectivity index (χ0v) is 22.7. The fraction of sp³-hybridized carbons (Fsp3) is 0.400. The molecular formula is C30H32N4O4S. The van der Waals surface area contributed by atoms with E-state index in [4.69, 9.17) is 0 Å². The SMILES string of the molecule is Cc1ncsc1-c1ccc(CNC(=O)[C@@H]2C[C@@H](O)CN2C(=O)C2(N3Cc4ccccc4C3=O)CCCC2)cc1. The molecule has 0 radical (unpaired) electrons. The Balaban J connectivity index is 1.17. The molecule has 1 aliphatic carbocycles. The summed E-state index contributed by atoms with van der Waals surface area (Å²) in [7, 11) is 0. The number of nitrogens with one attached hydrogen (secondary N) is 1. The molecule has 8 nitrogen and oxygen atoms in total. The smallest absolute Gasteiger partial charge is 0.255 e. The van der Waals surface area contributed by atoms with Crippen LogP contribution in [0.2, 0.25) is 0 Å². The van der Waals surface area contributed by atoms with Gasteiger partial charge in [0, 0.05) is 31.6 Å². The van der Waals surface area contributed by atoms with Crippen LogP contribution >= 0.6 is 11.3 Å². The highest BCUT2D eigenvalue weighted by Gasteiger charge is 2.55. The number of hydrogen-bond donors (Lipinski definition) is 2. The number of aromatic nitrogens is 1. The molecule has 9 heteroatoms. The van der Waals surface area contributed by atoms with Crippen LogP contribution in [-0.4, -0.2) is 61.8 Å². The molecule has 2 aliphatic heterocycles. The maximum Gasteiger partial charge on any atom is 0.255 e. The molecule has 1 saturated heterocycles. The maximum absolute atomic E-state index is 14.2. The lowest BCUT2D eigenvalue weighted by molar-refractivity contribution is -0.148. The third kappa shape index (κ3) is 4.53. The molecule has 2 N–H and O–H groups in total. The molecule has 1 aromatic heterocycles. The first-order chi connectivity index (χ1) is 18.9. The number of aliphatic hydroxyl groups excluding tert-OH is 1. The fourth-order valence-electron chi connectivity index (χ4n) is 6.37. The van der Waals surface area contributed by atoms with E-state index in [1.165, 1.54) is 4.90 Å². The summed E-state index contributed by atoms with van der Waals surface area (Å²) < 4.78 is 0. The van der Waals surface area contributed by atoms with Crippen molar-refractivity contribution in [2.75, 3.05) is 6.54 Å². The summed E-state index contributed by atoms with van der Waals surface area (Å²) in [6, 6.07) is 14.7. The lowest BCUT2D eigenvalue weighted by atomic mass is 9.92. The molecule has 3 heterocycles. The van der Waals surface area contributed by atoms with Crippen molar-refractivity contribution >= 4 is 29.1 Å². The van der Waals surface area contributed by atoms with Crippen molar-refractivity contribution in [3.8, 4) is 10.4 Å².